The van der Waals surface area contributed by atoms with Crippen LogP contribution in [0, 0.1) is 40.7 Å². The predicted octanol–water partition coefficient (Wildman–Crippen LogP) is 5.32. The van der Waals surface area contributed by atoms with Gasteiger partial charge in [-0.3, -0.25) is 0 Å². The van der Waals surface area contributed by atoms with Crippen molar-refractivity contribution in [2.75, 3.05) is 0 Å². The molecule has 1 saturated carbocycles. The van der Waals surface area contributed by atoms with E-state index in [2.05, 4.69) is 19.1 Å². The van der Waals surface area contributed by atoms with Gasteiger partial charge in [-0.1, -0.05) is 12.2 Å². The Kier molecular flexibility index (Phi) is 4.80. The van der Waals surface area contributed by atoms with Gasteiger partial charge in [-0.25, -0.2) is 8.78 Å². The maximum atomic E-state index is 14.3. The minimum atomic E-state index is -0.707. The lowest BCUT2D eigenvalue weighted by Gasteiger charge is -2.36. The van der Waals surface area contributed by atoms with Crippen LogP contribution < -0.4 is 0 Å². The van der Waals surface area contributed by atoms with Crippen molar-refractivity contribution in [3.8, 4) is 6.07 Å². The molecule has 122 valence electrons. The summed E-state index contributed by atoms with van der Waals surface area (Å²) in [6, 6.07) is 3.05. The fraction of sp³-hybridized carbons (Fsp3) is 0.550. The highest BCUT2D eigenvalue weighted by Gasteiger charge is 2.31. The number of benzene rings is 1. The Hall–Kier alpha value is -1.69. The second-order valence-electron chi connectivity index (χ2n) is 7.00. The Morgan fingerprint density at radius 3 is 2.52 bits per heavy atom. The SMILES string of the molecule is C/C=C/C1CCC(C2CCc3c(cc(F)c(C#N)c3F)C2)CC1. The summed E-state index contributed by atoms with van der Waals surface area (Å²) in [6.45, 7) is 2.07. The minimum absolute atomic E-state index is 0.422. The molecule has 0 bridgehead atoms. The summed E-state index contributed by atoms with van der Waals surface area (Å²) < 4.78 is 28.1. The summed E-state index contributed by atoms with van der Waals surface area (Å²) in [6.07, 6.45) is 11.7. The molecule has 1 aromatic rings. The molecule has 0 aliphatic heterocycles. The van der Waals surface area contributed by atoms with Crippen LogP contribution in [0.1, 0.15) is 55.7 Å². The smallest absolute Gasteiger partial charge is 0.147 e. The Bertz CT molecular complexity index is 649. The molecule has 0 amide bonds. The van der Waals surface area contributed by atoms with E-state index in [1.165, 1.54) is 31.7 Å². The van der Waals surface area contributed by atoms with Gasteiger partial charge in [0.05, 0.1) is 0 Å². The molecule has 2 aliphatic rings. The van der Waals surface area contributed by atoms with E-state index < -0.39 is 17.2 Å². The van der Waals surface area contributed by atoms with Crippen LogP contribution in [0.5, 0.6) is 0 Å². The average molecular weight is 315 g/mol. The van der Waals surface area contributed by atoms with E-state index in [0.717, 1.165) is 18.4 Å². The normalized spacial score (nSPS) is 27.7. The Morgan fingerprint density at radius 1 is 1.13 bits per heavy atom. The van der Waals surface area contributed by atoms with Crippen LogP contribution in [0.3, 0.4) is 0 Å². The first kappa shape index (κ1) is 16.2. The number of rotatable bonds is 2. The lowest BCUT2D eigenvalue weighted by Crippen LogP contribution is -2.27. The van der Waals surface area contributed by atoms with Crippen molar-refractivity contribution in [2.24, 2.45) is 17.8 Å². The van der Waals surface area contributed by atoms with Crippen LogP contribution in [-0.2, 0) is 12.8 Å². The maximum Gasteiger partial charge on any atom is 0.147 e. The Morgan fingerprint density at radius 2 is 1.87 bits per heavy atom. The summed E-state index contributed by atoms with van der Waals surface area (Å²) in [5.41, 5.74) is 0.932. The second kappa shape index (κ2) is 6.83. The number of halogens is 2. The molecule has 1 nitrogen and oxygen atoms in total. The van der Waals surface area contributed by atoms with Gasteiger partial charge in [0.25, 0.3) is 0 Å². The van der Waals surface area contributed by atoms with E-state index in [0.29, 0.717) is 29.7 Å². The Balaban J connectivity index is 1.73. The number of hydrogen-bond acceptors (Lipinski definition) is 1. The van der Waals surface area contributed by atoms with Gasteiger partial charge < -0.3 is 0 Å². The first-order chi connectivity index (χ1) is 11.1. The zero-order valence-electron chi connectivity index (χ0n) is 13.6. The van der Waals surface area contributed by atoms with Gasteiger partial charge in [-0.05, 0) is 86.8 Å². The van der Waals surface area contributed by atoms with Crippen molar-refractivity contribution in [1.82, 2.24) is 0 Å². The van der Waals surface area contributed by atoms with Gasteiger partial charge >= 0.3 is 0 Å². The molecule has 0 aromatic heterocycles. The largest absolute Gasteiger partial charge is 0.205 e. The van der Waals surface area contributed by atoms with Crippen molar-refractivity contribution in [3.63, 3.8) is 0 Å². The zero-order valence-corrected chi connectivity index (χ0v) is 13.6. The second-order valence-corrected chi connectivity index (χ2v) is 7.00. The molecule has 0 N–H and O–H groups in total. The number of nitrogens with zero attached hydrogens (tertiary/aromatic N) is 1. The highest BCUT2D eigenvalue weighted by atomic mass is 19.1. The van der Waals surface area contributed by atoms with Crippen LogP contribution in [0.15, 0.2) is 18.2 Å². The lowest BCUT2D eigenvalue weighted by molar-refractivity contribution is 0.205. The molecule has 3 rings (SSSR count). The molecule has 0 heterocycles. The van der Waals surface area contributed by atoms with Crippen LogP contribution in [-0.4, -0.2) is 0 Å². The number of allylic oxidation sites excluding steroid dienone is 2. The molecule has 23 heavy (non-hydrogen) atoms. The molecule has 1 fully saturated rings. The Labute approximate surface area is 137 Å². The first-order valence-electron chi connectivity index (χ1n) is 8.66. The molecule has 3 heteroatoms. The number of hydrogen-bond donors (Lipinski definition) is 0. The topological polar surface area (TPSA) is 23.8 Å². The zero-order chi connectivity index (χ0) is 16.4. The molecule has 1 unspecified atom stereocenters. The fourth-order valence-corrected chi connectivity index (χ4v) is 4.46. The van der Waals surface area contributed by atoms with Crippen LogP contribution in [0.4, 0.5) is 8.78 Å². The highest BCUT2D eigenvalue weighted by molar-refractivity contribution is 5.42. The third kappa shape index (κ3) is 3.17. The summed E-state index contributed by atoms with van der Waals surface area (Å²) in [5, 5.41) is 8.89. The first-order valence-corrected chi connectivity index (χ1v) is 8.66. The van der Waals surface area contributed by atoms with Gasteiger partial charge in [0.2, 0.25) is 0 Å². The monoisotopic (exact) mass is 315 g/mol. The number of nitriles is 1. The van der Waals surface area contributed by atoms with E-state index >= 15 is 0 Å². The molecule has 0 spiro atoms. The quantitative estimate of drug-likeness (QED) is 0.677. The van der Waals surface area contributed by atoms with Crippen molar-refractivity contribution in [2.45, 2.75) is 51.9 Å². The van der Waals surface area contributed by atoms with Gasteiger partial charge in [0, 0.05) is 0 Å². The highest BCUT2D eigenvalue weighted by Crippen LogP contribution is 2.40. The van der Waals surface area contributed by atoms with Crippen molar-refractivity contribution >= 4 is 0 Å². The third-order valence-corrected chi connectivity index (χ3v) is 5.72. The fourth-order valence-electron chi connectivity index (χ4n) is 4.46. The molecular formula is C20H23F2N. The average Bonchev–Trinajstić information content (AvgIpc) is 2.56. The molecule has 2 aliphatic carbocycles. The van der Waals surface area contributed by atoms with Crippen LogP contribution in [0.2, 0.25) is 0 Å². The van der Waals surface area contributed by atoms with Crippen LogP contribution in [0.25, 0.3) is 0 Å². The van der Waals surface area contributed by atoms with Gasteiger partial charge in [-0.2, -0.15) is 5.26 Å². The molecular weight excluding hydrogens is 292 g/mol. The van der Waals surface area contributed by atoms with E-state index in [4.69, 9.17) is 5.26 Å². The van der Waals surface area contributed by atoms with Crippen molar-refractivity contribution in [1.29, 1.82) is 5.26 Å². The van der Waals surface area contributed by atoms with Crippen LogP contribution >= 0.6 is 0 Å². The molecule has 1 atom stereocenters. The van der Waals surface area contributed by atoms with E-state index in [9.17, 15) is 8.78 Å². The third-order valence-electron chi connectivity index (χ3n) is 5.72. The van der Waals surface area contributed by atoms with E-state index in [-0.39, 0.29) is 0 Å². The van der Waals surface area contributed by atoms with Gasteiger partial charge in [-0.15, -0.1) is 0 Å². The number of fused-ring (bicyclic) bond motifs is 1. The standard InChI is InChI=1S/C20H23F2N/c1-2-3-13-4-6-14(7-5-13)15-8-9-17-16(10-15)11-19(21)18(12-23)20(17)22/h2-3,11,13-15H,4-10H2,1H3/b3-2+. The minimum Gasteiger partial charge on any atom is -0.205 e. The molecule has 0 radical (unpaired) electrons. The molecule has 1 aromatic carbocycles. The lowest BCUT2D eigenvalue weighted by atomic mass is 9.69. The van der Waals surface area contributed by atoms with Crippen molar-refractivity contribution < 1.29 is 8.78 Å². The predicted molar refractivity (Wildman–Crippen MR) is 86.9 cm³/mol. The van der Waals surface area contributed by atoms with Crippen molar-refractivity contribution in [3.05, 3.63) is 46.5 Å². The summed E-state index contributed by atoms with van der Waals surface area (Å²) in [5.74, 6) is 0.575. The van der Waals surface area contributed by atoms with E-state index in [1.807, 2.05) is 0 Å². The van der Waals surface area contributed by atoms with Gasteiger partial charge in [0.15, 0.2) is 0 Å². The van der Waals surface area contributed by atoms with E-state index in [1.54, 1.807) is 6.07 Å². The summed E-state index contributed by atoms with van der Waals surface area (Å²) in [4.78, 5) is 0. The van der Waals surface area contributed by atoms with Gasteiger partial charge in [0.1, 0.15) is 23.3 Å². The summed E-state index contributed by atoms with van der Waals surface area (Å²) >= 11 is 0. The molecule has 0 saturated heterocycles. The maximum absolute atomic E-state index is 14.3. The summed E-state index contributed by atoms with van der Waals surface area (Å²) in [7, 11) is 0.